The highest BCUT2D eigenvalue weighted by atomic mass is 16.7. The first-order valence-electron chi connectivity index (χ1n) is 4.26. The second kappa shape index (κ2) is 2.95. The summed E-state index contributed by atoms with van der Waals surface area (Å²) in [7, 11) is 0. The molecule has 2 rings (SSSR count). The standard InChI is InChI=1S/C9H14O2/c1-2-7-6-11-9-5-8(7)3-4-10-9/h2,7-9H,1,3-6H2/t7-,8+,9+/m1/s1. The number of hydrogen-bond donors (Lipinski definition) is 0. The first-order chi connectivity index (χ1) is 5.40. The summed E-state index contributed by atoms with van der Waals surface area (Å²) in [6, 6.07) is 0. The average Bonchev–Trinajstić information content (AvgIpc) is 2.06. The molecule has 2 heterocycles. The molecule has 2 bridgehead atoms. The van der Waals surface area contributed by atoms with Crippen LogP contribution in [0.1, 0.15) is 12.8 Å². The van der Waals surface area contributed by atoms with Gasteiger partial charge >= 0.3 is 0 Å². The lowest BCUT2D eigenvalue weighted by atomic mass is 9.84. The van der Waals surface area contributed by atoms with Crippen molar-refractivity contribution in [2.45, 2.75) is 19.1 Å². The second-order valence-corrected chi connectivity index (χ2v) is 3.32. The summed E-state index contributed by atoms with van der Waals surface area (Å²) in [6.45, 7) is 5.48. The van der Waals surface area contributed by atoms with Crippen molar-refractivity contribution in [2.75, 3.05) is 13.2 Å². The lowest BCUT2D eigenvalue weighted by Gasteiger charge is -2.38. The van der Waals surface area contributed by atoms with E-state index in [1.165, 1.54) is 6.42 Å². The molecule has 2 fully saturated rings. The fourth-order valence-corrected chi connectivity index (χ4v) is 1.90. The Bertz CT molecular complexity index is 156. The smallest absolute Gasteiger partial charge is 0.157 e. The normalized spacial score (nSPS) is 43.5. The molecule has 11 heavy (non-hydrogen) atoms. The molecule has 0 N–H and O–H groups in total. The van der Waals surface area contributed by atoms with Gasteiger partial charge in [-0.3, -0.25) is 0 Å². The zero-order chi connectivity index (χ0) is 7.68. The molecule has 0 aromatic heterocycles. The Morgan fingerprint density at radius 3 is 3.09 bits per heavy atom. The van der Waals surface area contributed by atoms with Gasteiger partial charge in [-0.05, 0) is 12.3 Å². The maximum Gasteiger partial charge on any atom is 0.157 e. The minimum atomic E-state index is 0.0879. The Labute approximate surface area is 67.2 Å². The molecule has 0 radical (unpaired) electrons. The third-order valence-electron chi connectivity index (χ3n) is 2.67. The van der Waals surface area contributed by atoms with Gasteiger partial charge in [-0.1, -0.05) is 6.08 Å². The van der Waals surface area contributed by atoms with Crippen LogP contribution in [0, 0.1) is 11.8 Å². The highest BCUT2D eigenvalue weighted by molar-refractivity contribution is 4.89. The largest absolute Gasteiger partial charge is 0.353 e. The zero-order valence-electron chi connectivity index (χ0n) is 6.66. The summed E-state index contributed by atoms with van der Waals surface area (Å²) in [5.74, 6) is 1.33. The second-order valence-electron chi connectivity index (χ2n) is 3.32. The van der Waals surface area contributed by atoms with Crippen LogP contribution in [0.2, 0.25) is 0 Å². The van der Waals surface area contributed by atoms with Gasteiger partial charge in [0.15, 0.2) is 6.29 Å². The molecule has 0 aliphatic carbocycles. The fourth-order valence-electron chi connectivity index (χ4n) is 1.90. The number of hydrogen-bond acceptors (Lipinski definition) is 2. The van der Waals surface area contributed by atoms with Gasteiger partial charge in [-0.15, -0.1) is 6.58 Å². The Morgan fingerprint density at radius 1 is 1.36 bits per heavy atom. The summed E-state index contributed by atoms with van der Waals surface area (Å²) in [6.07, 6.45) is 4.35. The Kier molecular flexibility index (Phi) is 1.96. The molecule has 62 valence electrons. The van der Waals surface area contributed by atoms with Crippen LogP contribution < -0.4 is 0 Å². The molecule has 0 amide bonds. The molecular formula is C9H14O2. The summed E-state index contributed by atoms with van der Waals surface area (Å²) in [5.41, 5.74) is 0. The van der Waals surface area contributed by atoms with Crippen LogP contribution in [-0.2, 0) is 9.47 Å². The predicted molar refractivity (Wildman–Crippen MR) is 42.1 cm³/mol. The van der Waals surface area contributed by atoms with E-state index in [4.69, 9.17) is 9.47 Å². The maximum atomic E-state index is 5.46. The van der Waals surface area contributed by atoms with Crippen molar-refractivity contribution >= 4 is 0 Å². The molecular weight excluding hydrogens is 140 g/mol. The van der Waals surface area contributed by atoms with Crippen molar-refractivity contribution in [1.29, 1.82) is 0 Å². The van der Waals surface area contributed by atoms with E-state index in [9.17, 15) is 0 Å². The zero-order valence-corrected chi connectivity index (χ0v) is 6.66. The van der Waals surface area contributed by atoms with Crippen LogP contribution in [0.3, 0.4) is 0 Å². The fraction of sp³-hybridized carbons (Fsp3) is 0.778. The molecule has 2 nitrogen and oxygen atoms in total. The van der Waals surface area contributed by atoms with E-state index in [1.54, 1.807) is 0 Å². The number of fused-ring (bicyclic) bond motifs is 2. The van der Waals surface area contributed by atoms with E-state index in [1.807, 2.05) is 6.08 Å². The topological polar surface area (TPSA) is 18.5 Å². The Hall–Kier alpha value is -0.340. The highest BCUT2D eigenvalue weighted by Gasteiger charge is 2.32. The van der Waals surface area contributed by atoms with Gasteiger partial charge in [0.2, 0.25) is 0 Å². The van der Waals surface area contributed by atoms with E-state index in [0.717, 1.165) is 25.6 Å². The first-order valence-corrected chi connectivity index (χ1v) is 4.26. The van der Waals surface area contributed by atoms with Gasteiger partial charge in [-0.2, -0.15) is 0 Å². The summed E-state index contributed by atoms with van der Waals surface area (Å²) >= 11 is 0. The molecule has 2 saturated heterocycles. The van der Waals surface area contributed by atoms with Crippen molar-refractivity contribution in [1.82, 2.24) is 0 Å². The molecule has 3 atom stereocenters. The van der Waals surface area contributed by atoms with Crippen molar-refractivity contribution < 1.29 is 9.47 Å². The lowest BCUT2D eigenvalue weighted by Crippen LogP contribution is -2.39. The summed E-state index contributed by atoms with van der Waals surface area (Å²) < 4.78 is 10.8. The van der Waals surface area contributed by atoms with Crippen LogP contribution in [0.4, 0.5) is 0 Å². The highest BCUT2D eigenvalue weighted by Crippen LogP contribution is 2.33. The molecule has 0 spiro atoms. The quantitative estimate of drug-likeness (QED) is 0.534. The molecule has 0 saturated carbocycles. The van der Waals surface area contributed by atoms with Gasteiger partial charge in [-0.25, -0.2) is 0 Å². The summed E-state index contributed by atoms with van der Waals surface area (Å²) in [5, 5.41) is 0. The molecule has 2 aliphatic heterocycles. The Balaban J connectivity index is 2.02. The summed E-state index contributed by atoms with van der Waals surface area (Å²) in [4.78, 5) is 0. The predicted octanol–water partition coefficient (Wildman–Crippen LogP) is 1.57. The van der Waals surface area contributed by atoms with Crippen LogP contribution >= 0.6 is 0 Å². The van der Waals surface area contributed by atoms with E-state index in [2.05, 4.69) is 6.58 Å². The maximum absolute atomic E-state index is 5.46. The third kappa shape index (κ3) is 1.33. The number of rotatable bonds is 1. The molecule has 0 aromatic carbocycles. The van der Waals surface area contributed by atoms with Gasteiger partial charge in [0.25, 0.3) is 0 Å². The van der Waals surface area contributed by atoms with Crippen LogP contribution in [-0.4, -0.2) is 19.5 Å². The van der Waals surface area contributed by atoms with E-state index in [0.29, 0.717) is 5.92 Å². The molecule has 0 aromatic rings. The van der Waals surface area contributed by atoms with Crippen molar-refractivity contribution in [3.8, 4) is 0 Å². The lowest BCUT2D eigenvalue weighted by molar-refractivity contribution is -0.213. The van der Waals surface area contributed by atoms with Crippen LogP contribution in [0.15, 0.2) is 12.7 Å². The number of ether oxygens (including phenoxy) is 2. The van der Waals surface area contributed by atoms with E-state index in [-0.39, 0.29) is 6.29 Å². The minimum absolute atomic E-state index is 0.0879. The SMILES string of the molecule is C=C[C@@H]1CO[C@H]2C[C@@H]1CCO2. The van der Waals surface area contributed by atoms with Crippen molar-refractivity contribution in [3.05, 3.63) is 12.7 Å². The molecule has 0 unspecified atom stereocenters. The van der Waals surface area contributed by atoms with Gasteiger partial charge in [0, 0.05) is 12.3 Å². The molecule has 2 aliphatic rings. The third-order valence-corrected chi connectivity index (χ3v) is 2.67. The van der Waals surface area contributed by atoms with Gasteiger partial charge in [0.1, 0.15) is 0 Å². The monoisotopic (exact) mass is 154 g/mol. The minimum Gasteiger partial charge on any atom is -0.353 e. The molecule has 2 heteroatoms. The van der Waals surface area contributed by atoms with E-state index >= 15 is 0 Å². The van der Waals surface area contributed by atoms with Crippen molar-refractivity contribution in [3.63, 3.8) is 0 Å². The first kappa shape index (κ1) is 7.32. The average molecular weight is 154 g/mol. The Morgan fingerprint density at radius 2 is 2.27 bits per heavy atom. The van der Waals surface area contributed by atoms with Crippen LogP contribution in [0.25, 0.3) is 0 Å². The van der Waals surface area contributed by atoms with Crippen molar-refractivity contribution in [2.24, 2.45) is 11.8 Å². The van der Waals surface area contributed by atoms with Gasteiger partial charge < -0.3 is 9.47 Å². The van der Waals surface area contributed by atoms with E-state index < -0.39 is 0 Å². The van der Waals surface area contributed by atoms with Crippen LogP contribution in [0.5, 0.6) is 0 Å². The van der Waals surface area contributed by atoms with Gasteiger partial charge in [0.05, 0.1) is 13.2 Å².